The quantitative estimate of drug-likeness (QED) is 0.423. The lowest BCUT2D eigenvalue weighted by Gasteiger charge is -2.15. The molecule has 0 spiro atoms. The summed E-state index contributed by atoms with van der Waals surface area (Å²) >= 11 is 0. The number of guanidine groups is 1. The van der Waals surface area contributed by atoms with Crippen LogP contribution in [0.4, 0.5) is 10.1 Å². The van der Waals surface area contributed by atoms with Crippen LogP contribution < -0.4 is 15.4 Å². The molecule has 0 bridgehead atoms. The van der Waals surface area contributed by atoms with Gasteiger partial charge in [-0.2, -0.15) is 5.10 Å². The van der Waals surface area contributed by atoms with Crippen LogP contribution in [0.2, 0.25) is 0 Å². The molecule has 1 amide bonds. The third-order valence-electron chi connectivity index (χ3n) is 4.98. The number of aromatic nitrogens is 2. The fourth-order valence-electron chi connectivity index (χ4n) is 3.33. The van der Waals surface area contributed by atoms with Crippen molar-refractivity contribution in [2.24, 2.45) is 4.99 Å². The lowest BCUT2D eigenvalue weighted by atomic mass is 10.2. The van der Waals surface area contributed by atoms with Crippen LogP contribution in [-0.4, -0.2) is 28.3 Å². The van der Waals surface area contributed by atoms with E-state index in [1.165, 1.54) is 18.2 Å². The van der Waals surface area contributed by atoms with Gasteiger partial charge < -0.3 is 10.1 Å². The minimum atomic E-state index is -0.482. The molecule has 0 radical (unpaired) electrons. The molecular weight excluding hydrogens is 409 g/mol. The molecule has 168 valence electrons. The van der Waals surface area contributed by atoms with Crippen molar-refractivity contribution >= 4 is 17.6 Å². The number of anilines is 1. The third-order valence-corrected chi connectivity index (χ3v) is 4.98. The highest BCUT2D eigenvalue weighted by Gasteiger charge is 2.14. The number of amides is 1. The van der Waals surface area contributed by atoms with E-state index >= 15 is 0 Å². The van der Waals surface area contributed by atoms with Gasteiger partial charge in [0.2, 0.25) is 5.96 Å². The topological polar surface area (TPSA) is 80.5 Å². The van der Waals surface area contributed by atoms with Crippen LogP contribution in [0.15, 0.2) is 53.5 Å². The molecule has 0 saturated carbocycles. The van der Waals surface area contributed by atoms with E-state index in [0.717, 1.165) is 23.5 Å². The number of hydrogen-bond donors (Lipinski definition) is 2. The molecule has 0 fully saturated rings. The summed E-state index contributed by atoms with van der Waals surface area (Å²) in [5.74, 6) is -0.0883. The Morgan fingerprint density at radius 1 is 1.16 bits per heavy atom. The summed E-state index contributed by atoms with van der Waals surface area (Å²) in [7, 11) is 0. The van der Waals surface area contributed by atoms with Crippen LogP contribution >= 0.6 is 0 Å². The molecule has 3 aromatic rings. The number of nitrogens with zero attached hydrogens (tertiary/aromatic N) is 3. The molecular formula is C24H28FN5O2. The largest absolute Gasteiger partial charge is 0.492 e. The average molecular weight is 438 g/mol. The number of aliphatic imine (C=N–C) groups is 1. The van der Waals surface area contributed by atoms with Crippen molar-refractivity contribution in [2.45, 2.75) is 40.8 Å². The van der Waals surface area contributed by atoms with Crippen molar-refractivity contribution in [3.05, 3.63) is 76.9 Å². The number of rotatable bonds is 7. The predicted octanol–water partition coefficient (Wildman–Crippen LogP) is 4.46. The Kier molecular flexibility index (Phi) is 7.59. The number of para-hydroxylation sites is 2. The lowest BCUT2D eigenvalue weighted by Crippen LogP contribution is -2.36. The Balaban J connectivity index is 1.91. The molecule has 0 aliphatic heterocycles. The van der Waals surface area contributed by atoms with Gasteiger partial charge in [-0.3, -0.25) is 14.8 Å². The Bertz CT molecular complexity index is 1120. The number of ether oxygens (including phenoxy) is 1. The van der Waals surface area contributed by atoms with E-state index in [1.54, 1.807) is 6.07 Å². The van der Waals surface area contributed by atoms with Gasteiger partial charge in [0.05, 0.1) is 24.5 Å². The van der Waals surface area contributed by atoms with E-state index < -0.39 is 11.7 Å². The minimum Gasteiger partial charge on any atom is -0.492 e. The molecule has 2 aromatic carbocycles. The van der Waals surface area contributed by atoms with Crippen molar-refractivity contribution in [2.75, 3.05) is 11.9 Å². The van der Waals surface area contributed by atoms with E-state index in [1.807, 2.05) is 56.6 Å². The van der Waals surface area contributed by atoms with Crippen LogP contribution in [0, 0.1) is 19.7 Å². The molecule has 7 nitrogen and oxygen atoms in total. The number of halogens is 1. The second kappa shape index (κ2) is 10.6. The van der Waals surface area contributed by atoms with E-state index in [9.17, 15) is 9.18 Å². The Labute approximate surface area is 187 Å². The molecule has 0 unspecified atom stereocenters. The summed E-state index contributed by atoms with van der Waals surface area (Å²) in [6.45, 7) is 9.44. The van der Waals surface area contributed by atoms with Gasteiger partial charge in [-0.1, -0.05) is 18.2 Å². The number of nitrogens with one attached hydrogen (secondary N) is 2. The first-order valence-corrected chi connectivity index (χ1v) is 10.6. The zero-order chi connectivity index (χ0) is 23.1. The highest BCUT2D eigenvalue weighted by molar-refractivity contribution is 6.10. The van der Waals surface area contributed by atoms with Crippen molar-refractivity contribution in [1.82, 2.24) is 15.1 Å². The summed E-state index contributed by atoms with van der Waals surface area (Å²) in [5, 5.41) is 10.4. The molecule has 1 aromatic heterocycles. The van der Waals surface area contributed by atoms with Crippen molar-refractivity contribution < 1.29 is 13.9 Å². The average Bonchev–Trinajstić information content (AvgIpc) is 3.06. The molecule has 8 heteroatoms. The van der Waals surface area contributed by atoms with Crippen LogP contribution in [-0.2, 0) is 13.1 Å². The number of benzene rings is 2. The fraction of sp³-hybridized carbons (Fsp3) is 0.292. The van der Waals surface area contributed by atoms with Crippen molar-refractivity contribution in [3.63, 3.8) is 0 Å². The summed E-state index contributed by atoms with van der Waals surface area (Å²) in [6, 6.07) is 12.9. The monoisotopic (exact) mass is 437 g/mol. The van der Waals surface area contributed by atoms with Gasteiger partial charge in [0.25, 0.3) is 5.91 Å². The van der Waals surface area contributed by atoms with Crippen molar-refractivity contribution in [3.8, 4) is 5.75 Å². The van der Waals surface area contributed by atoms with Gasteiger partial charge in [-0.05, 0) is 58.0 Å². The number of carbonyl (C=O) groups excluding carboxylic acids is 1. The van der Waals surface area contributed by atoms with Crippen molar-refractivity contribution in [1.29, 1.82) is 0 Å². The van der Waals surface area contributed by atoms with E-state index in [4.69, 9.17) is 4.74 Å². The Morgan fingerprint density at radius 2 is 1.94 bits per heavy atom. The smallest absolute Gasteiger partial charge is 0.258 e. The van der Waals surface area contributed by atoms with Gasteiger partial charge >= 0.3 is 0 Å². The number of carbonyl (C=O) groups is 1. The standard InChI is InChI=1S/C24H28FN5O2/c1-5-30-17(4)20(16(3)29-30)15-26-24(27-21-12-7-8-13-22(21)32-6-2)28-23(31)18-10-9-11-19(25)14-18/h7-14H,5-6,15H2,1-4H3,(H2,26,27,28,31). The Hall–Kier alpha value is -3.68. The van der Waals surface area contributed by atoms with Gasteiger partial charge in [-0.15, -0.1) is 0 Å². The molecule has 0 atom stereocenters. The zero-order valence-electron chi connectivity index (χ0n) is 18.8. The van der Waals surface area contributed by atoms with Gasteiger partial charge in [-0.25, -0.2) is 9.38 Å². The summed E-state index contributed by atoms with van der Waals surface area (Å²) in [4.78, 5) is 17.4. The van der Waals surface area contributed by atoms with Crippen LogP contribution in [0.3, 0.4) is 0 Å². The van der Waals surface area contributed by atoms with E-state index in [-0.39, 0.29) is 11.5 Å². The predicted molar refractivity (Wildman–Crippen MR) is 124 cm³/mol. The van der Waals surface area contributed by atoms with Gasteiger partial charge in [0.15, 0.2) is 0 Å². The van der Waals surface area contributed by atoms with Gasteiger partial charge in [0.1, 0.15) is 11.6 Å². The molecule has 0 aliphatic carbocycles. The molecule has 0 saturated heterocycles. The maximum absolute atomic E-state index is 13.6. The second-order valence-electron chi connectivity index (χ2n) is 7.15. The second-order valence-corrected chi connectivity index (χ2v) is 7.15. The number of aryl methyl sites for hydroxylation is 2. The third kappa shape index (κ3) is 5.51. The van der Waals surface area contributed by atoms with Crippen LogP contribution in [0.1, 0.15) is 41.2 Å². The first kappa shape index (κ1) is 23.0. The highest BCUT2D eigenvalue weighted by atomic mass is 19.1. The molecule has 3 rings (SSSR count). The summed E-state index contributed by atoms with van der Waals surface area (Å²) in [5.41, 5.74) is 3.76. The SMILES string of the molecule is CCOc1ccccc1NC(=NCc1c(C)nn(CC)c1C)NC(=O)c1cccc(F)c1. The summed E-state index contributed by atoms with van der Waals surface area (Å²) in [6.07, 6.45) is 0. The Morgan fingerprint density at radius 3 is 2.62 bits per heavy atom. The normalized spacial score (nSPS) is 11.3. The molecule has 1 heterocycles. The first-order chi connectivity index (χ1) is 15.4. The van der Waals surface area contributed by atoms with Gasteiger partial charge in [0, 0.05) is 23.4 Å². The van der Waals surface area contributed by atoms with Crippen LogP contribution in [0.5, 0.6) is 5.75 Å². The summed E-state index contributed by atoms with van der Waals surface area (Å²) < 4.78 is 21.2. The molecule has 2 N–H and O–H groups in total. The fourth-order valence-corrected chi connectivity index (χ4v) is 3.33. The zero-order valence-corrected chi connectivity index (χ0v) is 18.8. The highest BCUT2D eigenvalue weighted by Crippen LogP contribution is 2.24. The van der Waals surface area contributed by atoms with Crippen LogP contribution in [0.25, 0.3) is 0 Å². The van der Waals surface area contributed by atoms with E-state index in [2.05, 4.69) is 20.7 Å². The number of hydrogen-bond acceptors (Lipinski definition) is 4. The molecule has 32 heavy (non-hydrogen) atoms. The molecule has 0 aliphatic rings. The first-order valence-electron chi connectivity index (χ1n) is 10.6. The van der Waals surface area contributed by atoms with E-state index in [0.29, 0.717) is 24.6 Å². The maximum atomic E-state index is 13.6. The maximum Gasteiger partial charge on any atom is 0.258 e. The minimum absolute atomic E-state index is 0.198. The lowest BCUT2D eigenvalue weighted by molar-refractivity contribution is 0.0976.